The van der Waals surface area contributed by atoms with E-state index in [0.717, 1.165) is 21.7 Å². The second kappa shape index (κ2) is 6.97. The predicted molar refractivity (Wildman–Crippen MR) is 112 cm³/mol. The summed E-state index contributed by atoms with van der Waals surface area (Å²) in [6, 6.07) is 12.3. The summed E-state index contributed by atoms with van der Waals surface area (Å²) in [5.74, 6) is -0.867. The molecule has 146 valence electrons. The molecule has 3 aromatic rings. The van der Waals surface area contributed by atoms with Gasteiger partial charge in [0.2, 0.25) is 0 Å². The van der Waals surface area contributed by atoms with Crippen LogP contribution in [-0.4, -0.2) is 28.2 Å². The van der Waals surface area contributed by atoms with E-state index in [4.69, 9.17) is 0 Å². The van der Waals surface area contributed by atoms with Crippen molar-refractivity contribution in [3.05, 3.63) is 77.9 Å². The van der Waals surface area contributed by atoms with Crippen molar-refractivity contribution in [1.82, 2.24) is 10.3 Å². The zero-order valence-electron chi connectivity index (χ0n) is 15.4. The van der Waals surface area contributed by atoms with Gasteiger partial charge in [-0.3, -0.25) is 9.78 Å². The summed E-state index contributed by atoms with van der Waals surface area (Å²) in [5, 5.41) is 13.2. The minimum absolute atomic E-state index is 0.182. The van der Waals surface area contributed by atoms with E-state index < -0.39 is 23.1 Å². The lowest BCUT2D eigenvalue weighted by Crippen LogP contribution is -2.60. The highest BCUT2D eigenvalue weighted by Gasteiger charge is 2.45. The normalized spacial score (nSPS) is 20.5. The lowest BCUT2D eigenvalue weighted by Gasteiger charge is -2.33. The summed E-state index contributed by atoms with van der Waals surface area (Å²) in [4.78, 5) is 32.1. The molecule has 0 saturated carbocycles. The van der Waals surface area contributed by atoms with Crippen molar-refractivity contribution in [1.29, 1.82) is 5.26 Å². The molecule has 2 atom stereocenters. The van der Waals surface area contributed by atoms with E-state index in [2.05, 4.69) is 10.3 Å². The van der Waals surface area contributed by atoms with Gasteiger partial charge in [-0.2, -0.15) is 5.26 Å². The van der Waals surface area contributed by atoms with E-state index in [1.54, 1.807) is 12.3 Å². The zero-order chi connectivity index (χ0) is 20.8. The number of benzene rings is 2. The van der Waals surface area contributed by atoms with Gasteiger partial charge in [-0.1, -0.05) is 24.3 Å². The van der Waals surface area contributed by atoms with Gasteiger partial charge in [0.05, 0.1) is 29.6 Å². The zero-order valence-corrected chi connectivity index (χ0v) is 16.2. The standard InChI is InChI=1S/C22H13FN4O2S/c23-14-5-6-16(13(7-14)9-24)19-8-17-20(30-19)21(28)27(22(29)26-17)18-11-25-10-12-3-1-2-4-15(12)18/h1-8,10-11,17,20H,(H,26,29). The number of nitrogens with zero attached hydrogens (tertiary/aromatic N) is 3. The third-order valence-electron chi connectivity index (χ3n) is 5.12. The van der Waals surface area contributed by atoms with Crippen LogP contribution in [0.2, 0.25) is 0 Å². The number of pyridine rings is 1. The first-order valence-corrected chi connectivity index (χ1v) is 10.0. The number of hydrogen-bond donors (Lipinski definition) is 1. The molecule has 6 nitrogen and oxygen atoms in total. The number of fused-ring (bicyclic) bond motifs is 2. The molecule has 2 unspecified atom stereocenters. The second-order valence-electron chi connectivity index (χ2n) is 6.90. The van der Waals surface area contributed by atoms with Crippen LogP contribution in [0, 0.1) is 17.1 Å². The topological polar surface area (TPSA) is 86.1 Å². The number of rotatable bonds is 2. The van der Waals surface area contributed by atoms with Gasteiger partial charge in [0.15, 0.2) is 0 Å². The molecular formula is C22H13FN4O2S. The summed E-state index contributed by atoms with van der Waals surface area (Å²) >= 11 is 1.26. The van der Waals surface area contributed by atoms with E-state index in [9.17, 15) is 19.2 Å². The van der Waals surface area contributed by atoms with Gasteiger partial charge in [0, 0.05) is 27.4 Å². The number of carbonyl (C=O) groups excluding carboxylic acids is 2. The summed E-state index contributed by atoms with van der Waals surface area (Å²) in [7, 11) is 0. The van der Waals surface area contributed by atoms with Crippen molar-refractivity contribution in [2.75, 3.05) is 4.90 Å². The molecule has 0 radical (unpaired) electrons. The van der Waals surface area contributed by atoms with E-state index in [0.29, 0.717) is 16.2 Å². The third-order valence-corrected chi connectivity index (χ3v) is 6.48. The fourth-order valence-corrected chi connectivity index (χ4v) is 5.04. The maximum absolute atomic E-state index is 13.5. The van der Waals surface area contributed by atoms with Crippen molar-refractivity contribution in [3.8, 4) is 6.07 Å². The van der Waals surface area contributed by atoms with Gasteiger partial charge in [0.1, 0.15) is 11.1 Å². The summed E-state index contributed by atoms with van der Waals surface area (Å²) in [6.45, 7) is 0. The van der Waals surface area contributed by atoms with E-state index in [1.165, 1.54) is 30.1 Å². The number of imide groups is 1. The quantitative estimate of drug-likeness (QED) is 0.686. The number of carbonyl (C=O) groups is 2. The number of nitrogens with one attached hydrogen (secondary N) is 1. The van der Waals surface area contributed by atoms with Crippen LogP contribution >= 0.6 is 11.8 Å². The highest BCUT2D eigenvalue weighted by molar-refractivity contribution is 8.09. The Morgan fingerprint density at radius 2 is 2.00 bits per heavy atom. The van der Waals surface area contributed by atoms with Crippen molar-refractivity contribution in [3.63, 3.8) is 0 Å². The number of amides is 3. The van der Waals surface area contributed by atoms with Crippen LogP contribution in [0.5, 0.6) is 0 Å². The lowest BCUT2D eigenvalue weighted by molar-refractivity contribution is -0.118. The van der Waals surface area contributed by atoms with Crippen LogP contribution in [0.4, 0.5) is 14.9 Å². The van der Waals surface area contributed by atoms with Gasteiger partial charge < -0.3 is 5.32 Å². The molecule has 2 aromatic carbocycles. The van der Waals surface area contributed by atoms with Crippen LogP contribution < -0.4 is 10.2 Å². The summed E-state index contributed by atoms with van der Waals surface area (Å²) < 4.78 is 13.5. The number of nitriles is 1. The van der Waals surface area contributed by atoms with Gasteiger partial charge in [-0.25, -0.2) is 14.1 Å². The molecule has 0 aliphatic carbocycles. The molecule has 1 saturated heterocycles. The largest absolute Gasteiger partial charge is 0.329 e. The highest BCUT2D eigenvalue weighted by Crippen LogP contribution is 2.43. The first kappa shape index (κ1) is 18.3. The molecule has 1 fully saturated rings. The Labute approximate surface area is 175 Å². The Hall–Kier alpha value is -3.70. The van der Waals surface area contributed by atoms with Crippen molar-refractivity contribution >= 4 is 45.1 Å². The molecule has 3 amide bonds. The Morgan fingerprint density at radius 3 is 2.83 bits per heavy atom. The Bertz CT molecular complexity index is 1290. The molecule has 1 N–H and O–H groups in total. The van der Waals surface area contributed by atoms with E-state index in [-0.39, 0.29) is 11.5 Å². The minimum Gasteiger partial charge on any atom is -0.329 e. The number of thioether (sulfide) groups is 1. The van der Waals surface area contributed by atoms with Gasteiger partial charge >= 0.3 is 6.03 Å². The van der Waals surface area contributed by atoms with Crippen molar-refractivity contribution in [2.24, 2.45) is 0 Å². The molecule has 1 aromatic heterocycles. The van der Waals surface area contributed by atoms with Crippen LogP contribution in [0.15, 0.2) is 60.9 Å². The average molecular weight is 416 g/mol. The predicted octanol–water partition coefficient (Wildman–Crippen LogP) is 3.83. The molecule has 5 rings (SSSR count). The highest BCUT2D eigenvalue weighted by atomic mass is 32.2. The molecule has 8 heteroatoms. The summed E-state index contributed by atoms with van der Waals surface area (Å²) in [5.41, 5.74) is 1.14. The van der Waals surface area contributed by atoms with Crippen LogP contribution in [0.25, 0.3) is 15.7 Å². The molecule has 2 aliphatic heterocycles. The lowest BCUT2D eigenvalue weighted by atomic mass is 10.0. The number of halogens is 1. The van der Waals surface area contributed by atoms with E-state index in [1.807, 2.05) is 30.3 Å². The van der Waals surface area contributed by atoms with Gasteiger partial charge in [-0.15, -0.1) is 11.8 Å². The first-order valence-electron chi connectivity index (χ1n) is 9.12. The first-order chi connectivity index (χ1) is 14.6. The minimum atomic E-state index is -0.590. The molecule has 3 heterocycles. The Morgan fingerprint density at radius 1 is 1.17 bits per heavy atom. The van der Waals surface area contributed by atoms with Crippen molar-refractivity contribution in [2.45, 2.75) is 11.3 Å². The molecule has 0 bridgehead atoms. The average Bonchev–Trinajstić information content (AvgIpc) is 3.17. The fourth-order valence-electron chi connectivity index (χ4n) is 3.74. The maximum atomic E-state index is 13.5. The SMILES string of the molecule is N#Cc1cc(F)ccc1C1=CC2NC(=O)N(c3cncc4ccccc34)C(=O)C2S1. The Balaban J connectivity index is 1.51. The van der Waals surface area contributed by atoms with Crippen molar-refractivity contribution < 1.29 is 14.0 Å². The molecule has 2 aliphatic rings. The number of hydrogen-bond acceptors (Lipinski definition) is 5. The fraction of sp³-hybridized carbons (Fsp3) is 0.0909. The number of aromatic nitrogens is 1. The number of urea groups is 1. The molecular weight excluding hydrogens is 403 g/mol. The van der Waals surface area contributed by atoms with Crippen LogP contribution in [0.3, 0.4) is 0 Å². The molecule has 30 heavy (non-hydrogen) atoms. The molecule has 0 spiro atoms. The van der Waals surface area contributed by atoms with Gasteiger partial charge in [0.25, 0.3) is 5.91 Å². The Kier molecular flexibility index (Phi) is 4.26. The van der Waals surface area contributed by atoms with Gasteiger partial charge in [-0.05, 0) is 24.3 Å². The third kappa shape index (κ3) is 2.83. The number of anilines is 1. The maximum Gasteiger partial charge on any atom is 0.329 e. The smallest absolute Gasteiger partial charge is 0.329 e. The monoisotopic (exact) mass is 416 g/mol. The van der Waals surface area contributed by atoms with Crippen LogP contribution in [-0.2, 0) is 4.79 Å². The van der Waals surface area contributed by atoms with Crippen LogP contribution in [0.1, 0.15) is 11.1 Å². The summed E-state index contributed by atoms with van der Waals surface area (Å²) in [6.07, 6.45) is 4.93. The second-order valence-corrected chi connectivity index (χ2v) is 8.08. The van der Waals surface area contributed by atoms with E-state index >= 15 is 0 Å².